The van der Waals surface area contributed by atoms with Gasteiger partial charge in [-0.05, 0) is 59.7 Å². The van der Waals surface area contributed by atoms with Crippen molar-refractivity contribution in [1.82, 2.24) is 0 Å². The monoisotopic (exact) mass is 572 g/mol. The number of hydrogen-bond acceptors (Lipinski definition) is 6. The van der Waals surface area contributed by atoms with Gasteiger partial charge in [-0.2, -0.15) is 0 Å². The summed E-state index contributed by atoms with van der Waals surface area (Å²) < 4.78 is 10.4. The van der Waals surface area contributed by atoms with Crippen LogP contribution in [0.5, 0.6) is 11.5 Å². The van der Waals surface area contributed by atoms with Crippen LogP contribution in [-0.2, 0) is 32.0 Å². The number of anilines is 2. The smallest absolute Gasteiger partial charge is 0.292 e. The molecule has 0 bridgehead atoms. The zero-order valence-corrected chi connectivity index (χ0v) is 23.8. The second-order valence-corrected chi connectivity index (χ2v) is 10.5. The summed E-state index contributed by atoms with van der Waals surface area (Å²) in [5.74, 6) is 0.526. The number of amides is 4. The highest BCUT2D eigenvalue weighted by Crippen LogP contribution is 2.27. The third kappa shape index (κ3) is 6.35. The number of hydrogen-bond donors (Lipinski definition) is 2. The molecule has 5 rings (SSSR count). The van der Waals surface area contributed by atoms with Crippen molar-refractivity contribution in [2.45, 2.75) is 37.8 Å². The molecule has 3 aromatic carbocycles. The molecule has 4 N–H and O–H groups in total. The number of rotatable bonds is 12. The summed E-state index contributed by atoms with van der Waals surface area (Å²) in [4.78, 5) is 54.1. The van der Waals surface area contributed by atoms with Crippen molar-refractivity contribution in [2.75, 3.05) is 37.1 Å². The number of carbonyl (C=O) groups is 4. The van der Waals surface area contributed by atoms with Crippen LogP contribution in [0.15, 0.2) is 72.8 Å². The van der Waals surface area contributed by atoms with Crippen molar-refractivity contribution < 1.29 is 39.3 Å². The molecule has 2 saturated heterocycles. The van der Waals surface area contributed by atoms with Crippen LogP contribution in [-0.4, -0.2) is 63.0 Å². The van der Waals surface area contributed by atoms with Crippen molar-refractivity contribution in [3.63, 3.8) is 0 Å². The number of nitrogens with zero attached hydrogens (tertiary/aromatic N) is 2. The molecule has 3 aromatic rings. The Hall–Kier alpha value is -4.54. The predicted molar refractivity (Wildman–Crippen MR) is 155 cm³/mol. The van der Waals surface area contributed by atoms with E-state index < -0.39 is 12.1 Å². The predicted octanol–water partition coefficient (Wildman–Crippen LogP) is 0.580. The van der Waals surface area contributed by atoms with Crippen LogP contribution < -0.4 is 29.9 Å². The Morgan fingerprint density at radius 1 is 0.595 bits per heavy atom. The maximum atomic E-state index is 13.1. The summed E-state index contributed by atoms with van der Waals surface area (Å²) in [6, 6.07) is 21.1. The fraction of sp³-hybridized carbons (Fsp3) is 0.312. The van der Waals surface area contributed by atoms with E-state index >= 15 is 0 Å². The van der Waals surface area contributed by atoms with Gasteiger partial charge in [0, 0.05) is 12.8 Å². The van der Waals surface area contributed by atoms with Gasteiger partial charge in [-0.15, -0.1) is 0 Å². The Bertz CT molecular complexity index is 1330. The number of quaternary nitrogens is 2. The average molecular weight is 573 g/mol. The minimum atomic E-state index is -0.480. The Morgan fingerprint density at radius 2 is 0.952 bits per heavy atom. The lowest BCUT2D eigenvalue weighted by Gasteiger charge is -2.17. The van der Waals surface area contributed by atoms with Gasteiger partial charge in [0.05, 0.1) is 51.5 Å². The lowest BCUT2D eigenvalue weighted by Crippen LogP contribution is -2.92. The highest BCUT2D eigenvalue weighted by molar-refractivity contribution is 6.23. The number of nitrogens with two attached hydrogens (primary N) is 2. The highest BCUT2D eigenvalue weighted by Gasteiger charge is 2.44. The Labute approximate surface area is 244 Å². The van der Waals surface area contributed by atoms with Crippen LogP contribution in [0.4, 0.5) is 11.4 Å². The summed E-state index contributed by atoms with van der Waals surface area (Å²) in [5, 5.41) is 3.82. The second-order valence-electron chi connectivity index (χ2n) is 10.5. The molecule has 2 heterocycles. The van der Waals surface area contributed by atoms with Crippen molar-refractivity contribution in [3.8, 4) is 11.5 Å². The Morgan fingerprint density at radius 3 is 1.29 bits per heavy atom. The summed E-state index contributed by atoms with van der Waals surface area (Å²) in [7, 11) is 3.25. The van der Waals surface area contributed by atoms with Crippen LogP contribution >= 0.6 is 0 Å². The third-order valence-electron chi connectivity index (χ3n) is 7.82. The van der Waals surface area contributed by atoms with E-state index in [1.807, 2.05) is 59.2 Å². The van der Waals surface area contributed by atoms with Crippen molar-refractivity contribution >= 4 is 35.0 Å². The molecule has 4 amide bonds. The van der Waals surface area contributed by atoms with Crippen LogP contribution in [0.1, 0.15) is 24.0 Å². The summed E-state index contributed by atoms with van der Waals surface area (Å²) in [6.45, 7) is 1.33. The molecular weight excluding hydrogens is 536 g/mol. The topological polar surface area (TPSA) is 126 Å². The van der Waals surface area contributed by atoms with E-state index in [2.05, 4.69) is 0 Å². The number of methoxy groups -OCH3 is 2. The lowest BCUT2D eigenvalue weighted by molar-refractivity contribution is -0.674. The second kappa shape index (κ2) is 13.0. The molecule has 0 saturated carbocycles. The van der Waals surface area contributed by atoms with E-state index in [1.165, 1.54) is 9.80 Å². The van der Waals surface area contributed by atoms with Gasteiger partial charge < -0.3 is 20.1 Å². The summed E-state index contributed by atoms with van der Waals surface area (Å²) in [5.41, 5.74) is 3.11. The van der Waals surface area contributed by atoms with E-state index in [0.717, 1.165) is 35.5 Å². The summed E-state index contributed by atoms with van der Waals surface area (Å²) >= 11 is 0. The SMILES string of the molecule is COc1ccc(CC[NH2+][C@H]2CC(=O)N(c3ccc(N4C(=O)C[C@@H]([NH2+]CCc5ccc(OC)cc5)C4=O)cc3)C2=O)cc1. The summed E-state index contributed by atoms with van der Waals surface area (Å²) in [6.07, 6.45) is 1.77. The van der Waals surface area contributed by atoms with E-state index in [-0.39, 0.29) is 36.5 Å². The molecule has 2 fully saturated rings. The molecule has 10 nitrogen and oxygen atoms in total. The molecule has 0 unspecified atom stereocenters. The van der Waals surface area contributed by atoms with Gasteiger partial charge in [0.25, 0.3) is 11.8 Å². The minimum absolute atomic E-state index is 0.125. The van der Waals surface area contributed by atoms with Gasteiger partial charge in [0.1, 0.15) is 11.5 Å². The molecule has 42 heavy (non-hydrogen) atoms. The molecule has 0 aliphatic carbocycles. The van der Waals surface area contributed by atoms with Gasteiger partial charge in [-0.3, -0.25) is 19.2 Å². The largest absolute Gasteiger partial charge is 0.497 e. The number of benzene rings is 3. The van der Waals surface area contributed by atoms with Gasteiger partial charge >= 0.3 is 0 Å². The number of imide groups is 2. The maximum Gasteiger partial charge on any atom is 0.292 e. The molecule has 2 atom stereocenters. The van der Waals surface area contributed by atoms with Gasteiger partial charge in [-0.1, -0.05) is 24.3 Å². The van der Waals surface area contributed by atoms with E-state index in [1.54, 1.807) is 38.5 Å². The van der Waals surface area contributed by atoms with Crippen molar-refractivity contribution in [1.29, 1.82) is 0 Å². The zero-order valence-electron chi connectivity index (χ0n) is 23.8. The third-order valence-corrected chi connectivity index (χ3v) is 7.82. The molecule has 0 aromatic heterocycles. The van der Waals surface area contributed by atoms with E-state index in [0.29, 0.717) is 24.5 Å². The van der Waals surface area contributed by atoms with Crippen LogP contribution in [0.2, 0.25) is 0 Å². The maximum absolute atomic E-state index is 13.1. The zero-order chi connectivity index (χ0) is 29.6. The standard InChI is InChI=1S/C32H34N4O6/c1-41-25-11-3-21(4-12-25)15-17-33-27-19-29(37)35(31(27)39)23-7-9-24(10-8-23)36-30(38)20-28(32(36)40)34-18-16-22-5-13-26(42-2)14-6-22/h3-14,27-28,33-34H,15-20H2,1-2H3/p+2/t27-,28+. The molecule has 10 heteroatoms. The van der Waals surface area contributed by atoms with Gasteiger partial charge in [0.2, 0.25) is 11.8 Å². The molecule has 218 valence electrons. The van der Waals surface area contributed by atoms with Crippen LogP contribution in [0, 0.1) is 0 Å². The first kappa shape index (κ1) is 29.0. The highest BCUT2D eigenvalue weighted by atomic mass is 16.5. The molecule has 0 spiro atoms. The first-order valence-electron chi connectivity index (χ1n) is 14.1. The Balaban J connectivity index is 1.14. The van der Waals surface area contributed by atoms with Crippen molar-refractivity contribution in [3.05, 3.63) is 83.9 Å². The van der Waals surface area contributed by atoms with Crippen LogP contribution in [0.25, 0.3) is 0 Å². The quantitative estimate of drug-likeness (QED) is 0.306. The van der Waals surface area contributed by atoms with Crippen molar-refractivity contribution in [2.24, 2.45) is 0 Å². The van der Waals surface area contributed by atoms with Gasteiger partial charge in [-0.25, -0.2) is 9.80 Å². The van der Waals surface area contributed by atoms with E-state index in [4.69, 9.17) is 9.47 Å². The molecule has 2 aliphatic rings. The average Bonchev–Trinajstić information content (AvgIpc) is 3.46. The van der Waals surface area contributed by atoms with Crippen LogP contribution in [0.3, 0.4) is 0 Å². The first-order valence-corrected chi connectivity index (χ1v) is 14.1. The molecule has 0 radical (unpaired) electrons. The fourth-order valence-electron chi connectivity index (χ4n) is 5.46. The van der Waals surface area contributed by atoms with Gasteiger partial charge in [0.15, 0.2) is 12.1 Å². The fourth-order valence-corrected chi connectivity index (χ4v) is 5.46. The molecular formula is C32H36N4O6+2. The number of carbonyl (C=O) groups excluding carboxylic acids is 4. The Kier molecular flexibility index (Phi) is 8.94. The van der Waals surface area contributed by atoms with E-state index in [9.17, 15) is 19.2 Å². The molecule has 2 aliphatic heterocycles. The lowest BCUT2D eigenvalue weighted by atomic mass is 10.1. The first-order chi connectivity index (χ1) is 20.4. The minimum Gasteiger partial charge on any atom is -0.497 e. The normalized spacial score (nSPS) is 18.7. The number of ether oxygens (including phenoxy) is 2.